The summed E-state index contributed by atoms with van der Waals surface area (Å²) in [5, 5.41) is 10.9. The Hall–Kier alpha value is -0.480. The molecule has 2 aromatic carbocycles. The Bertz CT molecular complexity index is 946. The molecule has 0 fully saturated rings. The van der Waals surface area contributed by atoms with E-state index in [2.05, 4.69) is 10.8 Å². The van der Waals surface area contributed by atoms with Gasteiger partial charge in [-0.15, -0.1) is 22.7 Å². The van der Waals surface area contributed by atoms with Gasteiger partial charge in [0, 0.05) is 10.8 Å². The molecule has 2 aromatic heterocycles. The Morgan fingerprint density at radius 1 is 0.545 bits per heavy atom. The van der Waals surface area contributed by atoms with Crippen LogP contribution in [0.1, 0.15) is 0 Å². The van der Waals surface area contributed by atoms with E-state index in [9.17, 15) is 0 Å². The minimum Gasteiger partial charge on any atom is -0.142 e. The molecule has 6 heteroatoms. The molecule has 0 amide bonds. The summed E-state index contributed by atoms with van der Waals surface area (Å²) in [6.45, 7) is 0. The van der Waals surface area contributed by atoms with Crippen molar-refractivity contribution < 1.29 is 0 Å². The molecule has 110 valence electrons. The summed E-state index contributed by atoms with van der Waals surface area (Å²) in [6, 6.07) is 7.65. The van der Waals surface area contributed by atoms with Crippen molar-refractivity contribution in [2.45, 2.75) is 0 Å². The Morgan fingerprint density at radius 2 is 0.909 bits per heavy atom. The summed E-state index contributed by atoms with van der Waals surface area (Å²) in [4.78, 5) is 2.35. The predicted octanol–water partition coefficient (Wildman–Crippen LogP) is 8.40. The first-order valence-electron chi connectivity index (χ1n) is 6.27. The quantitative estimate of drug-likeness (QED) is 0.299. The van der Waals surface area contributed by atoms with E-state index in [0.717, 1.165) is 21.5 Å². The van der Waals surface area contributed by atoms with Gasteiger partial charge in [0.15, 0.2) is 0 Å². The predicted molar refractivity (Wildman–Crippen MR) is 103 cm³/mol. The van der Waals surface area contributed by atoms with E-state index in [0.29, 0.717) is 20.1 Å². The summed E-state index contributed by atoms with van der Waals surface area (Å²) < 4.78 is 0. The second-order valence-electron chi connectivity index (χ2n) is 4.84. The lowest BCUT2D eigenvalue weighted by molar-refractivity contribution is 1.82. The maximum absolute atomic E-state index is 6.18. The fraction of sp³-hybridized carbons (Fsp3) is 0. The monoisotopic (exact) mass is 402 g/mol. The summed E-state index contributed by atoms with van der Waals surface area (Å²) in [7, 11) is 0. The molecule has 4 rings (SSSR count). The molecule has 0 bridgehead atoms. The first-order chi connectivity index (χ1) is 10.5. The van der Waals surface area contributed by atoms with E-state index < -0.39 is 0 Å². The molecule has 0 unspecified atom stereocenters. The van der Waals surface area contributed by atoms with Crippen LogP contribution in [0.5, 0.6) is 0 Å². The molecule has 0 saturated heterocycles. The maximum atomic E-state index is 6.18. The van der Waals surface area contributed by atoms with Crippen LogP contribution in [-0.2, 0) is 0 Å². The molecule has 4 aromatic rings. The summed E-state index contributed by atoms with van der Waals surface area (Å²) in [6.07, 6.45) is 0. The maximum Gasteiger partial charge on any atom is 0.0599 e. The number of hydrogen-bond donors (Lipinski definition) is 0. The van der Waals surface area contributed by atoms with Crippen molar-refractivity contribution in [3.63, 3.8) is 0 Å². The van der Waals surface area contributed by atoms with Gasteiger partial charge in [-0.25, -0.2) is 0 Å². The van der Waals surface area contributed by atoms with Crippen LogP contribution in [0.4, 0.5) is 0 Å². The standard InChI is InChI=1S/C16H6Cl4S2/c17-11-1-7-5-21-15(9(7)3-13(11)19)16-10-4-14(20)12(18)2-8(10)6-22-16/h1-6H. The fourth-order valence-corrected chi connectivity index (χ4v) is 5.32. The lowest BCUT2D eigenvalue weighted by atomic mass is 10.1. The molecule has 0 atom stereocenters. The summed E-state index contributed by atoms with van der Waals surface area (Å²) in [5.74, 6) is 0. The van der Waals surface area contributed by atoms with Crippen LogP contribution < -0.4 is 0 Å². The highest BCUT2D eigenvalue weighted by Crippen LogP contribution is 2.45. The van der Waals surface area contributed by atoms with E-state index in [4.69, 9.17) is 46.4 Å². The van der Waals surface area contributed by atoms with Crippen LogP contribution in [0, 0.1) is 0 Å². The van der Waals surface area contributed by atoms with Crippen molar-refractivity contribution in [3.05, 3.63) is 55.1 Å². The van der Waals surface area contributed by atoms with Gasteiger partial charge >= 0.3 is 0 Å². The highest BCUT2D eigenvalue weighted by atomic mass is 35.5. The molecule has 0 nitrogen and oxygen atoms in total. The zero-order chi connectivity index (χ0) is 15.4. The lowest BCUT2D eigenvalue weighted by Gasteiger charge is -2.01. The minimum atomic E-state index is 0.566. The van der Waals surface area contributed by atoms with Crippen molar-refractivity contribution in [1.29, 1.82) is 0 Å². The van der Waals surface area contributed by atoms with Crippen LogP contribution in [0.25, 0.3) is 31.3 Å². The van der Waals surface area contributed by atoms with Gasteiger partial charge in [-0.3, -0.25) is 0 Å². The van der Waals surface area contributed by atoms with Crippen molar-refractivity contribution in [3.8, 4) is 9.75 Å². The van der Waals surface area contributed by atoms with E-state index in [1.165, 1.54) is 9.75 Å². The van der Waals surface area contributed by atoms with E-state index in [-0.39, 0.29) is 0 Å². The van der Waals surface area contributed by atoms with E-state index in [1.807, 2.05) is 24.3 Å². The number of fused-ring (bicyclic) bond motifs is 2. The Kier molecular flexibility index (Phi) is 3.80. The molecular weight excluding hydrogens is 398 g/mol. The largest absolute Gasteiger partial charge is 0.142 e. The summed E-state index contributed by atoms with van der Waals surface area (Å²) >= 11 is 27.9. The van der Waals surface area contributed by atoms with Crippen LogP contribution in [-0.4, -0.2) is 0 Å². The molecule has 0 aliphatic rings. The number of benzene rings is 2. The Morgan fingerprint density at radius 3 is 1.32 bits per heavy atom. The van der Waals surface area contributed by atoms with Crippen LogP contribution in [0.15, 0.2) is 35.0 Å². The molecular formula is C16H6Cl4S2. The van der Waals surface area contributed by atoms with Crippen molar-refractivity contribution in [1.82, 2.24) is 0 Å². The third-order valence-electron chi connectivity index (χ3n) is 3.49. The third-order valence-corrected chi connectivity index (χ3v) is 7.12. The average molecular weight is 404 g/mol. The van der Waals surface area contributed by atoms with Crippen molar-refractivity contribution >= 4 is 90.6 Å². The van der Waals surface area contributed by atoms with Gasteiger partial charge in [-0.2, -0.15) is 0 Å². The number of hydrogen-bond acceptors (Lipinski definition) is 2. The van der Waals surface area contributed by atoms with E-state index in [1.54, 1.807) is 22.7 Å². The highest BCUT2D eigenvalue weighted by Gasteiger charge is 2.15. The molecule has 0 spiro atoms. The number of halogens is 4. The van der Waals surface area contributed by atoms with Gasteiger partial charge in [-0.1, -0.05) is 46.4 Å². The fourth-order valence-electron chi connectivity index (χ4n) is 2.44. The van der Waals surface area contributed by atoms with Crippen LogP contribution in [0.2, 0.25) is 20.1 Å². The molecule has 0 aliphatic heterocycles. The molecule has 22 heavy (non-hydrogen) atoms. The van der Waals surface area contributed by atoms with Gasteiger partial charge in [0.25, 0.3) is 0 Å². The highest BCUT2D eigenvalue weighted by molar-refractivity contribution is 7.22. The van der Waals surface area contributed by atoms with Gasteiger partial charge < -0.3 is 0 Å². The van der Waals surface area contributed by atoms with Crippen molar-refractivity contribution in [2.24, 2.45) is 0 Å². The molecule has 0 aliphatic carbocycles. The second-order valence-corrected chi connectivity index (χ2v) is 8.22. The second kappa shape index (κ2) is 5.55. The number of thiophene rings is 2. The molecule has 0 radical (unpaired) electrons. The van der Waals surface area contributed by atoms with E-state index >= 15 is 0 Å². The first kappa shape index (κ1) is 15.1. The van der Waals surface area contributed by atoms with Crippen molar-refractivity contribution in [2.75, 3.05) is 0 Å². The van der Waals surface area contributed by atoms with Gasteiger partial charge in [0.2, 0.25) is 0 Å². The Labute approximate surface area is 154 Å². The molecule has 0 saturated carbocycles. The SMILES string of the molecule is Clc1cc2csc(-c3scc4cc(Cl)c(Cl)cc34)c2cc1Cl. The zero-order valence-corrected chi connectivity index (χ0v) is 15.4. The number of rotatable bonds is 1. The summed E-state index contributed by atoms with van der Waals surface area (Å²) in [5.41, 5.74) is 0. The van der Waals surface area contributed by atoms with Crippen LogP contribution in [0.3, 0.4) is 0 Å². The Balaban J connectivity index is 2.03. The normalized spacial score (nSPS) is 11.6. The van der Waals surface area contributed by atoms with Gasteiger partial charge in [0.05, 0.1) is 29.8 Å². The van der Waals surface area contributed by atoms with Crippen LogP contribution >= 0.6 is 69.1 Å². The lowest BCUT2D eigenvalue weighted by Crippen LogP contribution is -1.75. The molecule has 2 heterocycles. The minimum absolute atomic E-state index is 0.566. The first-order valence-corrected chi connectivity index (χ1v) is 9.54. The zero-order valence-electron chi connectivity index (χ0n) is 10.8. The van der Waals surface area contributed by atoms with Gasteiger partial charge in [-0.05, 0) is 45.8 Å². The average Bonchev–Trinajstić information content (AvgIpc) is 3.04. The smallest absolute Gasteiger partial charge is 0.0599 e. The van der Waals surface area contributed by atoms with Gasteiger partial charge in [0.1, 0.15) is 0 Å². The third kappa shape index (κ3) is 2.34. The topological polar surface area (TPSA) is 0 Å². The molecule has 0 N–H and O–H groups in total.